The quantitative estimate of drug-likeness (QED) is 0.683. The zero-order valence-corrected chi connectivity index (χ0v) is 11.4. The van der Waals surface area contributed by atoms with Gasteiger partial charge in [-0.2, -0.15) is 0 Å². The lowest BCUT2D eigenvalue weighted by molar-refractivity contribution is -0.133. The van der Waals surface area contributed by atoms with Crippen molar-refractivity contribution in [2.24, 2.45) is 0 Å². The van der Waals surface area contributed by atoms with Crippen molar-refractivity contribution >= 4 is 23.6 Å². The normalized spacial score (nSPS) is 15.0. The smallest absolute Gasteiger partial charge is 0.335 e. The summed E-state index contributed by atoms with van der Waals surface area (Å²) in [7, 11) is 1.66. The number of piperazine rings is 1. The summed E-state index contributed by atoms with van der Waals surface area (Å²) in [5, 5.41) is 21.0. The van der Waals surface area contributed by atoms with Crippen molar-refractivity contribution < 1.29 is 24.6 Å². The maximum atomic E-state index is 12.0. The monoisotopic (exact) mass is 293 g/mol. The van der Waals surface area contributed by atoms with Gasteiger partial charge in [0.15, 0.2) is 0 Å². The third-order valence-corrected chi connectivity index (χ3v) is 3.23. The van der Waals surface area contributed by atoms with Crippen molar-refractivity contribution in [1.29, 1.82) is 0 Å². The van der Waals surface area contributed by atoms with Crippen LogP contribution in [-0.2, 0) is 4.79 Å². The molecule has 3 amide bonds. The minimum Gasteiger partial charge on any atom is -0.506 e. The highest BCUT2D eigenvalue weighted by atomic mass is 16.4. The molecule has 21 heavy (non-hydrogen) atoms. The van der Waals surface area contributed by atoms with Gasteiger partial charge in [-0.3, -0.25) is 4.79 Å². The van der Waals surface area contributed by atoms with E-state index in [1.54, 1.807) is 7.05 Å². The number of carbonyl (C=O) groups excluding carboxylic acids is 2. The van der Waals surface area contributed by atoms with E-state index < -0.39 is 12.0 Å². The summed E-state index contributed by atoms with van der Waals surface area (Å²) < 4.78 is 0. The summed E-state index contributed by atoms with van der Waals surface area (Å²) in [6, 6.07) is 3.10. The lowest BCUT2D eigenvalue weighted by Gasteiger charge is -2.31. The van der Waals surface area contributed by atoms with Crippen LogP contribution in [0.2, 0.25) is 0 Å². The molecule has 0 atom stereocenters. The second kappa shape index (κ2) is 5.70. The molecule has 3 N–H and O–H groups in total. The standard InChI is InChI=1S/C13H15N3O5/c1-15-4-5-16(7-11(15)18)13(21)14-9-3-2-8(12(19)20)6-10(9)17/h2-3,6,17H,4-5,7H2,1H3,(H,14,21)(H,19,20). The van der Waals surface area contributed by atoms with Crippen LogP contribution in [0.15, 0.2) is 18.2 Å². The number of nitrogens with zero attached hydrogens (tertiary/aromatic N) is 2. The Morgan fingerprint density at radius 2 is 2.00 bits per heavy atom. The third kappa shape index (κ3) is 3.22. The number of nitrogens with one attached hydrogen (secondary N) is 1. The Labute approximate surface area is 120 Å². The Morgan fingerprint density at radius 3 is 2.57 bits per heavy atom. The van der Waals surface area contributed by atoms with Crippen molar-refractivity contribution in [3.8, 4) is 5.75 Å². The van der Waals surface area contributed by atoms with Crippen LogP contribution in [0.1, 0.15) is 10.4 Å². The number of aromatic carboxylic acids is 1. The van der Waals surface area contributed by atoms with Gasteiger partial charge >= 0.3 is 12.0 Å². The average Bonchev–Trinajstić information content (AvgIpc) is 2.43. The SMILES string of the molecule is CN1CCN(C(=O)Nc2ccc(C(=O)O)cc2O)CC1=O. The number of hydrogen-bond donors (Lipinski definition) is 3. The van der Waals surface area contributed by atoms with Crippen LogP contribution in [0.5, 0.6) is 5.75 Å². The summed E-state index contributed by atoms with van der Waals surface area (Å²) in [6.45, 7) is 0.800. The van der Waals surface area contributed by atoms with Crippen molar-refractivity contribution in [3.63, 3.8) is 0 Å². The van der Waals surface area contributed by atoms with E-state index in [9.17, 15) is 19.5 Å². The second-order valence-electron chi connectivity index (χ2n) is 4.70. The van der Waals surface area contributed by atoms with E-state index in [1.807, 2.05) is 0 Å². The van der Waals surface area contributed by atoms with Gasteiger partial charge in [0.05, 0.1) is 11.3 Å². The number of anilines is 1. The van der Waals surface area contributed by atoms with Crippen molar-refractivity contribution in [2.45, 2.75) is 0 Å². The van der Waals surface area contributed by atoms with Crippen molar-refractivity contribution in [1.82, 2.24) is 9.80 Å². The molecule has 0 spiro atoms. The molecule has 1 heterocycles. The molecule has 0 saturated carbocycles. The summed E-state index contributed by atoms with van der Waals surface area (Å²) in [6.07, 6.45) is 0. The summed E-state index contributed by atoms with van der Waals surface area (Å²) in [5.41, 5.74) is 0.0108. The topological polar surface area (TPSA) is 110 Å². The van der Waals surface area contributed by atoms with E-state index in [2.05, 4.69) is 5.32 Å². The third-order valence-electron chi connectivity index (χ3n) is 3.23. The molecule has 1 aromatic carbocycles. The molecule has 0 aliphatic carbocycles. The van der Waals surface area contributed by atoms with Crippen molar-refractivity contribution in [2.75, 3.05) is 32.0 Å². The molecule has 0 radical (unpaired) electrons. The molecule has 112 valence electrons. The van der Waals surface area contributed by atoms with Gasteiger partial charge in [-0.05, 0) is 18.2 Å². The first kappa shape index (κ1) is 14.6. The Bertz CT molecular complexity index is 601. The Hall–Kier alpha value is -2.77. The number of phenols is 1. The number of urea groups is 1. The minimum absolute atomic E-state index is 0.0314. The molecule has 8 heteroatoms. The van der Waals surface area contributed by atoms with Crippen LogP contribution >= 0.6 is 0 Å². The number of rotatable bonds is 2. The molecule has 1 aliphatic heterocycles. The fourth-order valence-electron chi connectivity index (χ4n) is 1.90. The Balaban J connectivity index is 2.06. The van der Waals surface area contributed by atoms with Crippen LogP contribution in [0.3, 0.4) is 0 Å². The Kier molecular flexibility index (Phi) is 3.97. The highest BCUT2D eigenvalue weighted by Crippen LogP contribution is 2.24. The number of amides is 3. The molecule has 1 aliphatic rings. The zero-order chi connectivity index (χ0) is 15.6. The summed E-state index contributed by atoms with van der Waals surface area (Å²) >= 11 is 0. The molecule has 1 aromatic rings. The first-order chi connectivity index (χ1) is 9.88. The molecular weight excluding hydrogens is 278 g/mol. The number of benzene rings is 1. The molecule has 0 unspecified atom stereocenters. The number of carboxylic acids is 1. The molecule has 8 nitrogen and oxygen atoms in total. The Morgan fingerprint density at radius 1 is 1.29 bits per heavy atom. The lowest BCUT2D eigenvalue weighted by Crippen LogP contribution is -2.51. The maximum absolute atomic E-state index is 12.0. The molecular formula is C13H15N3O5. The molecule has 1 saturated heterocycles. The predicted octanol–water partition coefficient (Wildman–Crippen LogP) is 0.396. The van der Waals surface area contributed by atoms with E-state index in [4.69, 9.17) is 5.11 Å². The van der Waals surface area contributed by atoms with E-state index in [0.717, 1.165) is 6.07 Å². The molecule has 2 rings (SSSR count). The fraction of sp³-hybridized carbons (Fsp3) is 0.308. The maximum Gasteiger partial charge on any atom is 0.335 e. The fourth-order valence-corrected chi connectivity index (χ4v) is 1.90. The van der Waals surface area contributed by atoms with Gasteiger partial charge in [-0.15, -0.1) is 0 Å². The first-order valence-electron chi connectivity index (χ1n) is 6.24. The molecule has 1 fully saturated rings. The summed E-state index contributed by atoms with van der Waals surface area (Å²) in [4.78, 5) is 37.2. The highest BCUT2D eigenvalue weighted by molar-refractivity contribution is 5.95. The van der Waals surface area contributed by atoms with E-state index >= 15 is 0 Å². The van der Waals surface area contributed by atoms with Crippen LogP contribution in [-0.4, -0.2) is 64.6 Å². The number of hydrogen-bond acceptors (Lipinski definition) is 4. The predicted molar refractivity (Wildman–Crippen MR) is 73.3 cm³/mol. The summed E-state index contributed by atoms with van der Waals surface area (Å²) in [5.74, 6) is -1.68. The number of phenolic OH excluding ortho intramolecular Hbond substituents is 1. The highest BCUT2D eigenvalue weighted by Gasteiger charge is 2.25. The number of carboxylic acid groups (broad SMARTS) is 1. The van der Waals surface area contributed by atoms with E-state index in [-0.39, 0.29) is 29.5 Å². The zero-order valence-electron chi connectivity index (χ0n) is 11.4. The van der Waals surface area contributed by atoms with Gasteiger partial charge in [0, 0.05) is 20.1 Å². The van der Waals surface area contributed by atoms with E-state index in [0.29, 0.717) is 13.1 Å². The number of carbonyl (C=O) groups is 3. The largest absolute Gasteiger partial charge is 0.506 e. The van der Waals surface area contributed by atoms with Crippen molar-refractivity contribution in [3.05, 3.63) is 23.8 Å². The van der Waals surface area contributed by atoms with Gasteiger partial charge in [0.2, 0.25) is 5.91 Å². The first-order valence-corrected chi connectivity index (χ1v) is 6.24. The second-order valence-corrected chi connectivity index (χ2v) is 4.70. The van der Waals surface area contributed by atoms with Crippen LogP contribution in [0.4, 0.5) is 10.5 Å². The van der Waals surface area contributed by atoms with Gasteiger partial charge in [-0.25, -0.2) is 9.59 Å². The average molecular weight is 293 g/mol. The van der Waals surface area contributed by atoms with Gasteiger partial charge in [0.25, 0.3) is 0 Å². The number of likely N-dealkylation sites (N-methyl/N-ethyl adjacent to an activating group) is 1. The van der Waals surface area contributed by atoms with Crippen LogP contribution in [0.25, 0.3) is 0 Å². The minimum atomic E-state index is -1.17. The van der Waals surface area contributed by atoms with E-state index in [1.165, 1.54) is 21.9 Å². The lowest BCUT2D eigenvalue weighted by atomic mass is 10.2. The number of aromatic hydroxyl groups is 1. The molecule has 0 aromatic heterocycles. The van der Waals surface area contributed by atoms with Gasteiger partial charge in [0.1, 0.15) is 12.3 Å². The van der Waals surface area contributed by atoms with Gasteiger partial charge in [-0.1, -0.05) is 0 Å². The molecule has 0 bridgehead atoms. The van der Waals surface area contributed by atoms with Crippen LogP contribution in [0, 0.1) is 0 Å². The van der Waals surface area contributed by atoms with Crippen LogP contribution < -0.4 is 5.32 Å². The van der Waals surface area contributed by atoms with Gasteiger partial charge < -0.3 is 25.3 Å².